The molecule has 0 amide bonds. The Hall–Kier alpha value is -0.980. The molecule has 0 aromatic carbocycles. The number of hydrogen-bond acceptors (Lipinski definition) is 5. The third-order valence-corrected chi connectivity index (χ3v) is 8.95. The second kappa shape index (κ2) is 8.04. The van der Waals surface area contributed by atoms with Gasteiger partial charge >= 0.3 is 5.97 Å². The van der Waals surface area contributed by atoms with Gasteiger partial charge in [0, 0.05) is 12.8 Å². The summed E-state index contributed by atoms with van der Waals surface area (Å²) in [4.78, 5) is 21.5. The number of nitrogens with two attached hydrogens (primary N) is 1. The number of carboxylic acid groups (broad SMARTS) is 1. The first-order valence-corrected chi connectivity index (χ1v) is 10.9. The Bertz CT molecular complexity index is 610. The van der Waals surface area contributed by atoms with E-state index in [1.54, 1.807) is 0 Å². The average molecular weight is 396 g/mol. The molecule has 4 saturated carbocycles. The molecule has 4 rings (SSSR count). The number of hydrogen-bond donors (Lipinski definition) is 4. The van der Waals surface area contributed by atoms with Crippen LogP contribution in [0.4, 0.5) is 0 Å². The van der Waals surface area contributed by atoms with Crippen LogP contribution < -0.4 is 5.73 Å². The zero-order valence-electron chi connectivity index (χ0n) is 17.3. The fraction of sp³-hybridized carbons (Fsp3) is 0.909. The van der Waals surface area contributed by atoms with Gasteiger partial charge in [0.2, 0.25) is 0 Å². The lowest BCUT2D eigenvalue weighted by atomic mass is 9.45. The number of Topliss-reactive ketones (excluding diaryl/α,β-unsaturated/α-hetero) is 1. The Morgan fingerprint density at radius 2 is 1.79 bits per heavy atom. The fourth-order valence-corrected chi connectivity index (χ4v) is 7.10. The molecule has 1 unspecified atom stereocenters. The molecule has 5 N–H and O–H groups in total. The van der Waals surface area contributed by atoms with Crippen molar-refractivity contribution in [3.8, 4) is 0 Å². The zero-order chi connectivity index (χ0) is 20.7. The molecule has 4 aliphatic carbocycles. The van der Waals surface area contributed by atoms with Gasteiger partial charge in [0.05, 0.1) is 12.7 Å². The van der Waals surface area contributed by atoms with Crippen LogP contribution >= 0.6 is 0 Å². The van der Waals surface area contributed by atoms with E-state index in [9.17, 15) is 14.7 Å². The maximum absolute atomic E-state index is 11.9. The normalized spacial score (nSPS) is 45.8. The van der Waals surface area contributed by atoms with Gasteiger partial charge in [-0.05, 0) is 79.4 Å². The molecule has 0 bridgehead atoms. The molecule has 0 aromatic rings. The number of aliphatic hydroxyl groups is 2. The van der Waals surface area contributed by atoms with Gasteiger partial charge in [0.15, 0.2) is 0 Å². The molecule has 160 valence electrons. The Morgan fingerprint density at radius 1 is 1.11 bits per heavy atom. The van der Waals surface area contributed by atoms with Crippen LogP contribution in [0.2, 0.25) is 0 Å². The predicted octanol–water partition coefficient (Wildman–Crippen LogP) is 2.35. The minimum atomic E-state index is -1.18. The van der Waals surface area contributed by atoms with Crippen molar-refractivity contribution in [3.63, 3.8) is 0 Å². The molecule has 28 heavy (non-hydrogen) atoms. The lowest BCUT2D eigenvalue weighted by Crippen LogP contribution is -2.54. The highest BCUT2D eigenvalue weighted by Gasteiger charge is 2.59. The minimum Gasteiger partial charge on any atom is -0.480 e. The first-order valence-electron chi connectivity index (χ1n) is 10.9. The maximum atomic E-state index is 11.9. The van der Waals surface area contributed by atoms with E-state index < -0.39 is 18.6 Å². The maximum Gasteiger partial charge on any atom is 0.322 e. The lowest BCUT2D eigenvalue weighted by molar-refractivity contribution is -0.142. The second-order valence-electron chi connectivity index (χ2n) is 10.2. The molecule has 4 fully saturated rings. The van der Waals surface area contributed by atoms with Crippen LogP contribution in [0, 0.1) is 34.5 Å². The summed E-state index contributed by atoms with van der Waals surface area (Å²) in [6.07, 6.45) is 10.0. The standard InChI is InChI=1S/C19H30O2.C3H7NO3/c1-18-9-7-13(20)11-12(18)3-4-14-15-5-6-17(21)19(15,2)10-8-16(14)18;4-2(1-5)3(6)7/h12,14-17,21H,3-11H2,1-2H3;2,5H,1,4H2,(H,6,7)/t12-,14-,15-,16-,17-,18-,19-;/m0./s1. The zero-order valence-corrected chi connectivity index (χ0v) is 17.3. The quantitative estimate of drug-likeness (QED) is 0.569. The molecular formula is C22H37NO5. The highest BCUT2D eigenvalue weighted by Crippen LogP contribution is 2.65. The van der Waals surface area contributed by atoms with Crippen molar-refractivity contribution in [2.75, 3.05) is 6.61 Å². The van der Waals surface area contributed by atoms with Crippen LogP contribution in [0.5, 0.6) is 0 Å². The van der Waals surface area contributed by atoms with Gasteiger partial charge in [-0.2, -0.15) is 0 Å². The Kier molecular flexibility index (Phi) is 6.23. The number of aliphatic carboxylic acids is 1. The van der Waals surface area contributed by atoms with E-state index >= 15 is 0 Å². The highest BCUT2D eigenvalue weighted by molar-refractivity contribution is 5.79. The smallest absolute Gasteiger partial charge is 0.322 e. The molecule has 4 aliphatic rings. The van der Waals surface area contributed by atoms with E-state index in [1.165, 1.54) is 32.1 Å². The second-order valence-corrected chi connectivity index (χ2v) is 10.2. The predicted molar refractivity (Wildman–Crippen MR) is 105 cm³/mol. The first kappa shape index (κ1) is 21.7. The van der Waals surface area contributed by atoms with Crippen molar-refractivity contribution in [1.82, 2.24) is 0 Å². The highest BCUT2D eigenvalue weighted by atomic mass is 16.4. The van der Waals surface area contributed by atoms with Gasteiger partial charge in [-0.15, -0.1) is 0 Å². The van der Waals surface area contributed by atoms with Crippen LogP contribution in [0.25, 0.3) is 0 Å². The van der Waals surface area contributed by atoms with E-state index in [2.05, 4.69) is 13.8 Å². The van der Waals surface area contributed by atoms with Gasteiger partial charge < -0.3 is 21.1 Å². The summed E-state index contributed by atoms with van der Waals surface area (Å²) in [5, 5.41) is 26.4. The molecule has 8 atom stereocenters. The van der Waals surface area contributed by atoms with Crippen LogP contribution in [0.1, 0.15) is 71.6 Å². The molecule has 0 aromatic heterocycles. The van der Waals surface area contributed by atoms with Crippen LogP contribution in [-0.2, 0) is 9.59 Å². The number of carbonyl (C=O) groups excluding carboxylic acids is 1. The van der Waals surface area contributed by atoms with Crippen molar-refractivity contribution in [3.05, 3.63) is 0 Å². The minimum absolute atomic E-state index is 0.0677. The Morgan fingerprint density at radius 3 is 2.39 bits per heavy atom. The monoisotopic (exact) mass is 395 g/mol. The average Bonchev–Trinajstić information content (AvgIpc) is 2.97. The first-order chi connectivity index (χ1) is 13.1. The summed E-state index contributed by atoms with van der Waals surface area (Å²) in [5.41, 5.74) is 5.36. The summed E-state index contributed by atoms with van der Waals surface area (Å²) >= 11 is 0. The molecule has 0 heterocycles. The van der Waals surface area contributed by atoms with Gasteiger partial charge in [-0.1, -0.05) is 13.8 Å². The number of carboxylic acids is 1. The van der Waals surface area contributed by atoms with Gasteiger partial charge in [-0.3, -0.25) is 9.59 Å². The molecular weight excluding hydrogens is 358 g/mol. The van der Waals surface area contributed by atoms with E-state index in [-0.39, 0.29) is 11.5 Å². The topological polar surface area (TPSA) is 121 Å². The summed E-state index contributed by atoms with van der Waals surface area (Å²) in [5.74, 6) is 2.34. The van der Waals surface area contributed by atoms with Crippen molar-refractivity contribution in [1.29, 1.82) is 0 Å². The SMILES string of the molecule is C[C@]12CCC(=O)C[C@@H]1CC[C@@H]1[C@@H]2CC[C@]2(C)[C@@H](O)CC[C@@H]12.NC(CO)C(=O)O. The fourth-order valence-electron chi connectivity index (χ4n) is 7.10. The third kappa shape index (κ3) is 3.63. The van der Waals surface area contributed by atoms with Crippen LogP contribution in [0.15, 0.2) is 0 Å². The van der Waals surface area contributed by atoms with Crippen LogP contribution in [0.3, 0.4) is 0 Å². The lowest BCUT2D eigenvalue weighted by Gasteiger charge is -2.60. The van der Waals surface area contributed by atoms with E-state index in [1.807, 2.05) is 0 Å². The summed E-state index contributed by atoms with van der Waals surface area (Å²) in [6.45, 7) is 4.34. The molecule has 6 heteroatoms. The number of fused-ring (bicyclic) bond motifs is 5. The van der Waals surface area contributed by atoms with Crippen molar-refractivity contribution < 1.29 is 24.9 Å². The van der Waals surface area contributed by atoms with Crippen molar-refractivity contribution in [2.45, 2.75) is 83.8 Å². The Labute approximate surface area is 167 Å². The molecule has 0 radical (unpaired) electrons. The third-order valence-electron chi connectivity index (χ3n) is 8.95. The Balaban J connectivity index is 0.000000279. The van der Waals surface area contributed by atoms with E-state index in [0.29, 0.717) is 17.1 Å². The molecule has 0 spiro atoms. The van der Waals surface area contributed by atoms with Gasteiger partial charge in [0.1, 0.15) is 11.8 Å². The molecule has 6 nitrogen and oxygen atoms in total. The number of carbonyl (C=O) groups is 2. The summed E-state index contributed by atoms with van der Waals surface area (Å²) in [6, 6.07) is -1.13. The van der Waals surface area contributed by atoms with Crippen molar-refractivity contribution >= 4 is 11.8 Å². The number of aliphatic hydroxyl groups excluding tert-OH is 2. The van der Waals surface area contributed by atoms with Crippen LogP contribution in [-0.4, -0.2) is 45.8 Å². The van der Waals surface area contributed by atoms with Crippen molar-refractivity contribution in [2.24, 2.45) is 40.2 Å². The van der Waals surface area contributed by atoms with E-state index in [4.69, 9.17) is 15.9 Å². The molecule has 0 aliphatic heterocycles. The number of ketones is 1. The number of rotatable bonds is 2. The van der Waals surface area contributed by atoms with Gasteiger partial charge in [-0.25, -0.2) is 0 Å². The summed E-state index contributed by atoms with van der Waals surface area (Å²) < 4.78 is 0. The largest absolute Gasteiger partial charge is 0.480 e. The van der Waals surface area contributed by atoms with E-state index in [0.717, 1.165) is 43.4 Å². The van der Waals surface area contributed by atoms with Gasteiger partial charge in [0.25, 0.3) is 0 Å². The molecule has 0 saturated heterocycles. The summed E-state index contributed by atoms with van der Waals surface area (Å²) in [7, 11) is 0.